The summed E-state index contributed by atoms with van der Waals surface area (Å²) in [4.78, 5) is 0. The van der Waals surface area contributed by atoms with Crippen LogP contribution in [0.2, 0.25) is 0 Å². The van der Waals surface area contributed by atoms with Crippen molar-refractivity contribution in [1.29, 1.82) is 0 Å². The zero-order valence-electron chi connectivity index (χ0n) is 49.1. The van der Waals surface area contributed by atoms with E-state index in [2.05, 4.69) is 246 Å². The summed E-state index contributed by atoms with van der Waals surface area (Å²) in [7, 11) is 0. The summed E-state index contributed by atoms with van der Waals surface area (Å²) in [6.07, 6.45) is 26.8. The lowest BCUT2D eigenvalue weighted by molar-refractivity contribution is 0.498. The Morgan fingerprint density at radius 1 is 0.163 bits per heavy atom. The maximum atomic E-state index is 2.41. The second-order valence-electron chi connectivity index (χ2n) is 23.1. The van der Waals surface area contributed by atoms with E-state index in [9.17, 15) is 0 Å². The Labute approximate surface area is 483 Å². The molecule has 0 radical (unpaired) electrons. The van der Waals surface area contributed by atoms with Gasteiger partial charge >= 0.3 is 0 Å². The Hall–Kier alpha value is -7.02. The van der Waals surface area contributed by atoms with E-state index in [1.54, 1.807) is 0 Å². The lowest BCUT2D eigenvalue weighted by Crippen LogP contribution is -2.00. The first-order valence-corrected chi connectivity index (χ1v) is 31.4. The summed E-state index contributed by atoms with van der Waals surface area (Å²) in [6.45, 7) is 9.23. The Kier molecular flexibility index (Phi) is 22.0. The average molecular weight is 1050 g/mol. The quantitative estimate of drug-likeness (QED) is 0.0394. The molecule has 0 aliphatic rings. The Bertz CT molecular complexity index is 2930. The third-order valence-electron chi connectivity index (χ3n) is 17.2. The summed E-state index contributed by atoms with van der Waals surface area (Å²) in [5.41, 5.74) is 23.0. The Morgan fingerprint density at radius 3 is 0.450 bits per heavy atom. The van der Waals surface area contributed by atoms with Gasteiger partial charge in [0.1, 0.15) is 0 Å². The average Bonchev–Trinajstić information content (AvgIpc) is 3.53. The first-order chi connectivity index (χ1) is 39.5. The molecule has 0 aliphatic heterocycles. The van der Waals surface area contributed by atoms with Crippen LogP contribution in [0.25, 0.3) is 89.0 Å². The third kappa shape index (κ3) is 16.1. The minimum Gasteiger partial charge on any atom is -0.0654 e. The van der Waals surface area contributed by atoms with E-state index in [1.165, 1.54) is 229 Å². The molecule has 0 saturated heterocycles. The molecule has 0 aromatic heterocycles. The van der Waals surface area contributed by atoms with Crippen molar-refractivity contribution in [1.82, 2.24) is 0 Å². The van der Waals surface area contributed by atoms with Gasteiger partial charge in [0.2, 0.25) is 0 Å². The first kappa shape index (κ1) is 57.7. The largest absolute Gasteiger partial charge is 0.0654 e. The van der Waals surface area contributed by atoms with E-state index in [0.29, 0.717) is 11.8 Å². The van der Waals surface area contributed by atoms with Gasteiger partial charge in [-0.1, -0.05) is 349 Å². The van der Waals surface area contributed by atoms with Crippen molar-refractivity contribution in [3.63, 3.8) is 0 Å². The fourth-order valence-corrected chi connectivity index (χ4v) is 12.1. The summed E-state index contributed by atoms with van der Waals surface area (Å²) in [5, 5.41) is 0. The molecule has 0 heteroatoms. The lowest BCUT2D eigenvalue weighted by Gasteiger charge is -2.18. The topological polar surface area (TPSA) is 0 Å². The molecule has 0 saturated carbocycles. The molecule has 0 fully saturated rings. The van der Waals surface area contributed by atoms with Crippen LogP contribution in [0.3, 0.4) is 0 Å². The van der Waals surface area contributed by atoms with Crippen molar-refractivity contribution >= 4 is 0 Å². The molecule has 410 valence electrons. The standard InChI is InChI=1S/C80H90/c1-5-9-13-15-19-23-61(21-17-11-7-3)63-25-29-65(30-26-63)67-33-37-69(38-34-67)71-41-45-73(46-42-71)75-49-53-77(54-50-75)79-57-59-80(60-58-79)78-55-51-76(52-56-78)74-47-43-72(44-48-74)70-39-35-68(36-40-70)66-31-27-64(28-32-66)62(22-18-12-8-4)24-20-16-14-10-6-2/h25-62H,5-24H2,1-4H3. The van der Waals surface area contributed by atoms with Gasteiger partial charge in [-0.3, -0.25) is 0 Å². The number of hydrogen-bond donors (Lipinski definition) is 0. The van der Waals surface area contributed by atoms with E-state index in [0.717, 1.165) is 0 Å². The molecular weight excluding hydrogens is 961 g/mol. The molecule has 0 bridgehead atoms. The predicted octanol–water partition coefficient (Wildman–Crippen LogP) is 25.1. The van der Waals surface area contributed by atoms with Gasteiger partial charge < -0.3 is 0 Å². The van der Waals surface area contributed by atoms with Crippen LogP contribution < -0.4 is 0 Å². The second-order valence-corrected chi connectivity index (χ2v) is 23.1. The molecule has 80 heavy (non-hydrogen) atoms. The molecule has 9 aromatic rings. The van der Waals surface area contributed by atoms with Gasteiger partial charge in [0.15, 0.2) is 0 Å². The van der Waals surface area contributed by atoms with Gasteiger partial charge in [-0.15, -0.1) is 0 Å². The maximum absolute atomic E-state index is 2.41. The van der Waals surface area contributed by atoms with Gasteiger partial charge in [-0.25, -0.2) is 0 Å². The third-order valence-corrected chi connectivity index (χ3v) is 17.2. The van der Waals surface area contributed by atoms with Crippen molar-refractivity contribution < 1.29 is 0 Å². The number of unbranched alkanes of at least 4 members (excludes halogenated alkanes) is 12. The molecule has 0 amide bonds. The molecule has 0 N–H and O–H groups in total. The van der Waals surface area contributed by atoms with E-state index in [-0.39, 0.29) is 0 Å². The number of rotatable bonds is 30. The van der Waals surface area contributed by atoms with Crippen LogP contribution in [0, 0.1) is 0 Å². The highest BCUT2D eigenvalue weighted by Gasteiger charge is 2.15. The molecule has 0 nitrogen and oxygen atoms in total. The van der Waals surface area contributed by atoms with Crippen LogP contribution in [-0.4, -0.2) is 0 Å². The van der Waals surface area contributed by atoms with Gasteiger partial charge in [-0.2, -0.15) is 0 Å². The Balaban J connectivity index is 0.757. The monoisotopic (exact) mass is 1050 g/mol. The van der Waals surface area contributed by atoms with Crippen molar-refractivity contribution in [2.75, 3.05) is 0 Å². The van der Waals surface area contributed by atoms with Crippen molar-refractivity contribution in [2.45, 2.75) is 168 Å². The predicted molar refractivity (Wildman–Crippen MR) is 350 cm³/mol. The van der Waals surface area contributed by atoms with Crippen LogP contribution in [0.4, 0.5) is 0 Å². The van der Waals surface area contributed by atoms with E-state index in [4.69, 9.17) is 0 Å². The van der Waals surface area contributed by atoms with E-state index < -0.39 is 0 Å². The van der Waals surface area contributed by atoms with Gasteiger partial charge in [0, 0.05) is 0 Å². The summed E-state index contributed by atoms with van der Waals surface area (Å²) in [6, 6.07) is 82.3. The molecule has 0 spiro atoms. The fraction of sp³-hybridized carbons (Fsp3) is 0.325. The van der Waals surface area contributed by atoms with Crippen LogP contribution in [0.15, 0.2) is 218 Å². The highest BCUT2D eigenvalue weighted by molar-refractivity contribution is 5.78. The highest BCUT2D eigenvalue weighted by atomic mass is 14.2. The zero-order valence-corrected chi connectivity index (χ0v) is 49.1. The first-order valence-electron chi connectivity index (χ1n) is 31.4. The summed E-state index contributed by atoms with van der Waals surface area (Å²) < 4.78 is 0. The van der Waals surface area contributed by atoms with Gasteiger partial charge in [0.05, 0.1) is 0 Å². The highest BCUT2D eigenvalue weighted by Crippen LogP contribution is 2.36. The van der Waals surface area contributed by atoms with E-state index >= 15 is 0 Å². The minimum absolute atomic E-state index is 0.686. The fourth-order valence-electron chi connectivity index (χ4n) is 12.1. The molecule has 2 atom stereocenters. The SMILES string of the molecule is CCCCCCCC(CCCCC)c1ccc(-c2ccc(-c3ccc(-c4ccc(-c5ccc(-c6ccc(-c7ccc(-c8ccc(-c9ccc(C(CCCCC)CCCCCCC)cc9)cc8)cc7)cc6)cc5)cc4)cc3)cc2)cc1. The van der Waals surface area contributed by atoms with Crippen molar-refractivity contribution in [3.8, 4) is 89.0 Å². The van der Waals surface area contributed by atoms with Crippen LogP contribution in [0.5, 0.6) is 0 Å². The maximum Gasteiger partial charge on any atom is -0.0162 e. The smallest absolute Gasteiger partial charge is 0.0162 e. The van der Waals surface area contributed by atoms with Crippen LogP contribution in [0.1, 0.15) is 179 Å². The number of hydrogen-bond acceptors (Lipinski definition) is 0. The minimum atomic E-state index is 0.686. The lowest BCUT2D eigenvalue weighted by atomic mass is 9.87. The Morgan fingerprint density at radius 2 is 0.287 bits per heavy atom. The normalized spacial score (nSPS) is 12.2. The second kappa shape index (κ2) is 30.5. The van der Waals surface area contributed by atoms with Gasteiger partial charge in [0.25, 0.3) is 0 Å². The molecule has 0 aliphatic carbocycles. The number of benzene rings is 9. The van der Waals surface area contributed by atoms with Crippen molar-refractivity contribution in [2.24, 2.45) is 0 Å². The molecule has 0 heterocycles. The van der Waals surface area contributed by atoms with Crippen LogP contribution in [-0.2, 0) is 0 Å². The van der Waals surface area contributed by atoms with Crippen molar-refractivity contribution in [3.05, 3.63) is 230 Å². The summed E-state index contributed by atoms with van der Waals surface area (Å²) in [5.74, 6) is 1.37. The molecular formula is C80H90. The molecule has 9 rings (SSSR count). The van der Waals surface area contributed by atoms with Crippen LogP contribution >= 0.6 is 0 Å². The summed E-state index contributed by atoms with van der Waals surface area (Å²) >= 11 is 0. The zero-order chi connectivity index (χ0) is 55.1. The molecule has 2 unspecified atom stereocenters. The molecule has 9 aromatic carbocycles. The van der Waals surface area contributed by atoms with Gasteiger partial charge in [-0.05, 0) is 138 Å². The van der Waals surface area contributed by atoms with E-state index in [1.807, 2.05) is 0 Å².